The number of aryl methyl sites for hydroxylation is 1. The Balaban J connectivity index is 1.95. The van der Waals surface area contributed by atoms with Crippen LogP contribution in [0.15, 0.2) is 70.6 Å². The molecule has 2 heterocycles. The van der Waals surface area contributed by atoms with Crippen LogP contribution in [0.2, 0.25) is 0 Å². The molecule has 2 aromatic heterocycles. The van der Waals surface area contributed by atoms with Crippen LogP contribution in [0.1, 0.15) is 5.69 Å². The molecular formula is C21H19N3S2. The normalized spacial score (nSPS) is 11.2. The van der Waals surface area contributed by atoms with Crippen LogP contribution in [0.5, 0.6) is 0 Å². The van der Waals surface area contributed by atoms with Gasteiger partial charge in [-0.25, -0.2) is 9.97 Å². The largest absolute Gasteiger partial charge is 0.283 e. The Morgan fingerprint density at radius 2 is 1.31 bits per heavy atom. The zero-order valence-electron chi connectivity index (χ0n) is 14.9. The van der Waals surface area contributed by atoms with E-state index in [0.717, 1.165) is 34.0 Å². The maximum Gasteiger partial charge on any atom is 0.235 e. The molecule has 26 heavy (non-hydrogen) atoms. The maximum atomic E-state index is 4.86. The summed E-state index contributed by atoms with van der Waals surface area (Å²) in [6.45, 7) is 1.99. The Kier molecular flexibility index (Phi) is 4.74. The van der Waals surface area contributed by atoms with Gasteiger partial charge in [-0.1, -0.05) is 24.3 Å². The fourth-order valence-corrected chi connectivity index (χ4v) is 3.81. The predicted octanol–water partition coefficient (Wildman–Crippen LogP) is 5.82. The summed E-state index contributed by atoms with van der Waals surface area (Å²) in [5.41, 5.74) is 5.26. The van der Waals surface area contributed by atoms with E-state index in [1.165, 1.54) is 9.79 Å². The second kappa shape index (κ2) is 7.17. The molecule has 4 aromatic rings. The summed E-state index contributed by atoms with van der Waals surface area (Å²) in [5.74, 6) is 0.734. The van der Waals surface area contributed by atoms with Gasteiger partial charge in [0.15, 0.2) is 0 Å². The van der Waals surface area contributed by atoms with Crippen LogP contribution in [0.25, 0.3) is 28.3 Å². The third-order valence-corrected chi connectivity index (χ3v) is 5.85. The average molecular weight is 378 g/mol. The van der Waals surface area contributed by atoms with Gasteiger partial charge in [0.25, 0.3) is 0 Å². The fourth-order valence-electron chi connectivity index (χ4n) is 2.99. The molecule has 130 valence electrons. The Morgan fingerprint density at radius 3 is 1.88 bits per heavy atom. The first-order chi connectivity index (χ1) is 12.7. The van der Waals surface area contributed by atoms with Crippen molar-refractivity contribution in [1.29, 1.82) is 0 Å². The van der Waals surface area contributed by atoms with Crippen LogP contribution in [0.4, 0.5) is 0 Å². The van der Waals surface area contributed by atoms with E-state index in [9.17, 15) is 0 Å². The molecule has 0 saturated carbocycles. The number of rotatable bonds is 4. The Hall–Kier alpha value is -2.24. The van der Waals surface area contributed by atoms with E-state index < -0.39 is 0 Å². The number of nitrogens with zero attached hydrogens (tertiary/aromatic N) is 3. The summed E-state index contributed by atoms with van der Waals surface area (Å²) >= 11 is 3.49. The first-order valence-electron chi connectivity index (χ1n) is 8.34. The first-order valence-corrected chi connectivity index (χ1v) is 10.8. The Labute approximate surface area is 161 Å². The molecule has 0 aliphatic carbocycles. The molecule has 0 atom stereocenters. The SMILES string of the molecule is CSc1ccc(-c2nc3nc(C)ccn3c2-c2ccc(SC)cc2)cc1. The highest BCUT2D eigenvalue weighted by Crippen LogP contribution is 2.34. The highest BCUT2D eigenvalue weighted by Gasteiger charge is 2.17. The van der Waals surface area contributed by atoms with E-state index in [1.54, 1.807) is 23.5 Å². The molecule has 3 nitrogen and oxygen atoms in total. The van der Waals surface area contributed by atoms with E-state index in [2.05, 4.69) is 76.6 Å². The van der Waals surface area contributed by atoms with Gasteiger partial charge in [0.1, 0.15) is 0 Å². The molecule has 4 rings (SSSR count). The summed E-state index contributed by atoms with van der Waals surface area (Å²) in [6.07, 6.45) is 6.24. The van der Waals surface area contributed by atoms with Crippen LogP contribution in [0, 0.1) is 6.92 Å². The molecule has 0 bridgehead atoms. The predicted molar refractivity (Wildman–Crippen MR) is 112 cm³/mol. The van der Waals surface area contributed by atoms with E-state index in [0.29, 0.717) is 0 Å². The molecular weight excluding hydrogens is 358 g/mol. The fraction of sp³-hybridized carbons (Fsp3) is 0.143. The summed E-state index contributed by atoms with van der Waals surface area (Å²) in [5, 5.41) is 0. The third-order valence-electron chi connectivity index (χ3n) is 4.36. The van der Waals surface area contributed by atoms with E-state index in [-0.39, 0.29) is 0 Å². The molecule has 2 aromatic carbocycles. The quantitative estimate of drug-likeness (QED) is 0.420. The van der Waals surface area contributed by atoms with E-state index >= 15 is 0 Å². The minimum atomic E-state index is 0.734. The van der Waals surface area contributed by atoms with Gasteiger partial charge in [-0.3, -0.25) is 4.40 Å². The molecule has 0 aliphatic heterocycles. The van der Waals surface area contributed by atoms with Gasteiger partial charge in [-0.15, -0.1) is 23.5 Å². The van der Waals surface area contributed by atoms with Crippen molar-refractivity contribution >= 4 is 29.3 Å². The number of imidazole rings is 1. The summed E-state index contributed by atoms with van der Waals surface area (Å²) in [7, 11) is 0. The zero-order chi connectivity index (χ0) is 18.1. The molecule has 0 N–H and O–H groups in total. The minimum absolute atomic E-state index is 0.734. The Morgan fingerprint density at radius 1 is 0.731 bits per heavy atom. The van der Waals surface area contributed by atoms with E-state index in [4.69, 9.17) is 4.98 Å². The summed E-state index contributed by atoms with van der Waals surface area (Å²) in [4.78, 5) is 12.0. The Bertz CT molecular complexity index is 1050. The molecule has 0 fully saturated rings. The second-order valence-corrected chi connectivity index (χ2v) is 7.76. The van der Waals surface area contributed by atoms with E-state index in [1.807, 2.05) is 13.0 Å². The third kappa shape index (κ3) is 3.13. The van der Waals surface area contributed by atoms with Crippen LogP contribution in [-0.2, 0) is 0 Å². The van der Waals surface area contributed by atoms with Crippen molar-refractivity contribution in [2.45, 2.75) is 16.7 Å². The van der Waals surface area contributed by atoms with Gasteiger partial charge in [0, 0.05) is 32.8 Å². The number of thioether (sulfide) groups is 2. The van der Waals surface area contributed by atoms with Crippen LogP contribution < -0.4 is 0 Å². The van der Waals surface area contributed by atoms with Gasteiger partial charge in [-0.05, 0) is 49.8 Å². The van der Waals surface area contributed by atoms with Crippen molar-refractivity contribution in [3.63, 3.8) is 0 Å². The average Bonchev–Trinajstić information content (AvgIpc) is 3.06. The van der Waals surface area contributed by atoms with Crippen molar-refractivity contribution < 1.29 is 0 Å². The van der Waals surface area contributed by atoms with Crippen molar-refractivity contribution in [2.75, 3.05) is 12.5 Å². The lowest BCUT2D eigenvalue weighted by atomic mass is 10.0. The highest BCUT2D eigenvalue weighted by atomic mass is 32.2. The number of hydrogen-bond acceptors (Lipinski definition) is 4. The smallest absolute Gasteiger partial charge is 0.235 e. The minimum Gasteiger partial charge on any atom is -0.283 e. The molecule has 0 amide bonds. The number of hydrogen-bond donors (Lipinski definition) is 0. The van der Waals surface area contributed by atoms with Crippen molar-refractivity contribution in [2.24, 2.45) is 0 Å². The lowest BCUT2D eigenvalue weighted by Gasteiger charge is -2.07. The lowest BCUT2D eigenvalue weighted by molar-refractivity contribution is 1.07. The molecule has 0 saturated heterocycles. The topological polar surface area (TPSA) is 30.2 Å². The monoisotopic (exact) mass is 377 g/mol. The van der Waals surface area contributed by atoms with Crippen LogP contribution in [-0.4, -0.2) is 26.9 Å². The van der Waals surface area contributed by atoms with Gasteiger partial charge in [-0.2, -0.15) is 0 Å². The van der Waals surface area contributed by atoms with Crippen molar-refractivity contribution in [3.8, 4) is 22.5 Å². The molecule has 5 heteroatoms. The number of benzene rings is 2. The van der Waals surface area contributed by atoms with Crippen molar-refractivity contribution in [3.05, 3.63) is 66.5 Å². The molecule has 0 radical (unpaired) electrons. The molecule has 0 aliphatic rings. The molecule has 0 spiro atoms. The zero-order valence-corrected chi connectivity index (χ0v) is 16.6. The first kappa shape index (κ1) is 17.2. The van der Waals surface area contributed by atoms with Crippen molar-refractivity contribution in [1.82, 2.24) is 14.4 Å². The van der Waals surface area contributed by atoms with Gasteiger partial charge in [0.2, 0.25) is 5.78 Å². The lowest BCUT2D eigenvalue weighted by Crippen LogP contribution is -1.92. The highest BCUT2D eigenvalue weighted by molar-refractivity contribution is 7.98. The van der Waals surface area contributed by atoms with Crippen LogP contribution >= 0.6 is 23.5 Å². The maximum absolute atomic E-state index is 4.86. The molecule has 0 unspecified atom stereocenters. The van der Waals surface area contributed by atoms with Crippen LogP contribution in [0.3, 0.4) is 0 Å². The summed E-state index contributed by atoms with van der Waals surface area (Å²) < 4.78 is 2.08. The number of aromatic nitrogens is 3. The van der Waals surface area contributed by atoms with Gasteiger partial charge in [0.05, 0.1) is 11.4 Å². The summed E-state index contributed by atoms with van der Waals surface area (Å²) in [6, 6.07) is 19.2. The number of fused-ring (bicyclic) bond motifs is 1. The van der Waals surface area contributed by atoms with Gasteiger partial charge < -0.3 is 0 Å². The second-order valence-electron chi connectivity index (χ2n) is 6.00. The standard InChI is InChI=1S/C21H19N3S2/c1-14-12-13-24-20(16-6-10-18(26-3)11-7-16)19(23-21(24)22-14)15-4-8-17(25-2)9-5-15/h4-13H,1-3H3. The van der Waals surface area contributed by atoms with Gasteiger partial charge >= 0.3 is 0 Å².